The Kier molecular flexibility index (Phi) is 2.69. The van der Waals surface area contributed by atoms with Gasteiger partial charge < -0.3 is 0 Å². The van der Waals surface area contributed by atoms with Gasteiger partial charge in [-0.15, -0.1) is 23.1 Å². The molecule has 0 N–H and O–H groups in total. The standard InChI is InChI=1S/C10H6ClNS2/c1-13-8-4-6-2-3-7(5-12)9(11)10(6)14-8/h2-4H,1H3. The molecule has 0 saturated carbocycles. The number of halogens is 1. The Labute approximate surface area is 95.3 Å². The molecule has 0 radical (unpaired) electrons. The number of nitrogens with zero attached hydrogens (tertiary/aromatic N) is 1. The minimum absolute atomic E-state index is 0.550. The van der Waals surface area contributed by atoms with Gasteiger partial charge in [-0.2, -0.15) is 5.26 Å². The van der Waals surface area contributed by atoms with Crippen molar-refractivity contribution in [3.05, 3.63) is 28.8 Å². The van der Waals surface area contributed by atoms with Crippen molar-refractivity contribution >= 4 is 44.8 Å². The molecule has 1 heterocycles. The molecule has 0 aliphatic rings. The maximum Gasteiger partial charge on any atom is 0.101 e. The first-order valence-electron chi connectivity index (χ1n) is 3.92. The molecule has 0 fully saturated rings. The molecule has 4 heteroatoms. The number of nitriles is 1. The smallest absolute Gasteiger partial charge is 0.101 e. The van der Waals surface area contributed by atoms with Crippen molar-refractivity contribution in [1.29, 1.82) is 5.26 Å². The van der Waals surface area contributed by atoms with E-state index in [1.807, 2.05) is 12.3 Å². The zero-order valence-electron chi connectivity index (χ0n) is 7.37. The van der Waals surface area contributed by atoms with Gasteiger partial charge in [-0.25, -0.2) is 0 Å². The molecule has 0 saturated heterocycles. The Morgan fingerprint density at radius 3 is 2.93 bits per heavy atom. The van der Waals surface area contributed by atoms with Gasteiger partial charge in [0.1, 0.15) is 6.07 Å². The minimum atomic E-state index is 0.550. The van der Waals surface area contributed by atoms with E-state index >= 15 is 0 Å². The first-order valence-corrected chi connectivity index (χ1v) is 6.34. The van der Waals surface area contributed by atoms with E-state index in [1.165, 1.54) is 4.21 Å². The lowest BCUT2D eigenvalue weighted by molar-refractivity contribution is 1.50. The minimum Gasteiger partial charge on any atom is -0.192 e. The summed E-state index contributed by atoms with van der Waals surface area (Å²) in [6, 6.07) is 7.88. The Balaban J connectivity index is 2.76. The van der Waals surface area contributed by atoms with Crippen LogP contribution < -0.4 is 0 Å². The summed E-state index contributed by atoms with van der Waals surface area (Å²) < 4.78 is 2.23. The molecule has 1 aromatic heterocycles. The fraction of sp³-hybridized carbons (Fsp3) is 0.100. The lowest BCUT2D eigenvalue weighted by Crippen LogP contribution is -1.74. The zero-order chi connectivity index (χ0) is 10.1. The molecule has 0 unspecified atom stereocenters. The van der Waals surface area contributed by atoms with Crippen LogP contribution in [0.5, 0.6) is 0 Å². The highest BCUT2D eigenvalue weighted by Crippen LogP contribution is 2.37. The lowest BCUT2D eigenvalue weighted by atomic mass is 10.2. The van der Waals surface area contributed by atoms with Crippen molar-refractivity contribution < 1.29 is 0 Å². The van der Waals surface area contributed by atoms with Gasteiger partial charge in [0.2, 0.25) is 0 Å². The Morgan fingerprint density at radius 2 is 2.29 bits per heavy atom. The highest BCUT2D eigenvalue weighted by atomic mass is 35.5. The van der Waals surface area contributed by atoms with Gasteiger partial charge in [0.05, 0.1) is 19.5 Å². The molecular formula is C10H6ClNS2. The molecule has 14 heavy (non-hydrogen) atoms. The molecule has 0 amide bonds. The normalized spacial score (nSPS) is 10.4. The fourth-order valence-electron chi connectivity index (χ4n) is 1.23. The van der Waals surface area contributed by atoms with Gasteiger partial charge in [0, 0.05) is 0 Å². The second-order valence-corrected chi connectivity index (χ2v) is 5.26. The topological polar surface area (TPSA) is 23.8 Å². The number of thiophene rings is 1. The summed E-state index contributed by atoms with van der Waals surface area (Å²) in [5.74, 6) is 0. The van der Waals surface area contributed by atoms with Crippen LogP contribution in [-0.4, -0.2) is 6.26 Å². The van der Waals surface area contributed by atoms with E-state index in [4.69, 9.17) is 16.9 Å². The maximum atomic E-state index is 8.81. The zero-order valence-corrected chi connectivity index (χ0v) is 9.76. The third-order valence-corrected chi connectivity index (χ3v) is 4.66. The van der Waals surface area contributed by atoms with Crippen LogP contribution in [0.4, 0.5) is 0 Å². The summed E-state index contributed by atoms with van der Waals surface area (Å²) in [5, 5.41) is 10.5. The van der Waals surface area contributed by atoms with Gasteiger partial charge in [0.25, 0.3) is 0 Å². The van der Waals surface area contributed by atoms with Crippen LogP contribution in [0.25, 0.3) is 10.1 Å². The van der Waals surface area contributed by atoms with Crippen molar-refractivity contribution in [3.8, 4) is 6.07 Å². The van der Waals surface area contributed by atoms with Gasteiger partial charge in [0.15, 0.2) is 0 Å². The summed E-state index contributed by atoms with van der Waals surface area (Å²) >= 11 is 9.42. The second kappa shape index (κ2) is 3.82. The summed E-state index contributed by atoms with van der Waals surface area (Å²) in [4.78, 5) is 0. The SMILES string of the molecule is CSc1cc2ccc(C#N)c(Cl)c2s1. The first kappa shape index (κ1) is 9.85. The lowest BCUT2D eigenvalue weighted by Gasteiger charge is -1.94. The molecule has 0 aliphatic carbocycles. The van der Waals surface area contributed by atoms with Crippen LogP contribution in [0.1, 0.15) is 5.56 Å². The van der Waals surface area contributed by atoms with Crippen molar-refractivity contribution in [1.82, 2.24) is 0 Å². The third kappa shape index (κ3) is 1.50. The van der Waals surface area contributed by atoms with E-state index < -0.39 is 0 Å². The van der Waals surface area contributed by atoms with Crippen LogP contribution in [-0.2, 0) is 0 Å². The predicted octanol–water partition coefficient (Wildman–Crippen LogP) is 4.15. The largest absolute Gasteiger partial charge is 0.192 e. The quantitative estimate of drug-likeness (QED) is 0.698. The molecule has 1 nitrogen and oxygen atoms in total. The molecule has 0 aliphatic heterocycles. The Hall–Kier alpha value is -0.690. The monoisotopic (exact) mass is 239 g/mol. The molecular weight excluding hydrogens is 234 g/mol. The molecule has 2 aromatic rings. The number of hydrogen-bond donors (Lipinski definition) is 0. The second-order valence-electron chi connectivity index (χ2n) is 2.73. The number of fused-ring (bicyclic) bond motifs is 1. The number of hydrogen-bond acceptors (Lipinski definition) is 3. The van der Waals surface area contributed by atoms with Crippen LogP contribution in [0, 0.1) is 11.3 Å². The van der Waals surface area contributed by atoms with Crippen LogP contribution >= 0.6 is 34.7 Å². The van der Waals surface area contributed by atoms with Crippen molar-refractivity contribution in [2.45, 2.75) is 4.21 Å². The first-order chi connectivity index (χ1) is 6.76. The average molecular weight is 240 g/mol. The number of rotatable bonds is 1. The third-order valence-electron chi connectivity index (χ3n) is 1.93. The number of thioether (sulfide) groups is 1. The fourth-order valence-corrected chi connectivity index (χ4v) is 3.22. The highest BCUT2D eigenvalue weighted by Gasteiger charge is 2.08. The Morgan fingerprint density at radius 1 is 1.50 bits per heavy atom. The van der Waals surface area contributed by atoms with Crippen LogP contribution in [0.3, 0.4) is 0 Å². The molecule has 70 valence electrons. The van der Waals surface area contributed by atoms with Gasteiger partial charge in [-0.05, 0) is 23.8 Å². The van der Waals surface area contributed by atoms with E-state index in [2.05, 4.69) is 12.1 Å². The highest BCUT2D eigenvalue weighted by molar-refractivity contribution is 8.00. The molecule has 1 aromatic carbocycles. The Bertz CT molecular complexity index is 525. The van der Waals surface area contributed by atoms with Crippen molar-refractivity contribution in [2.75, 3.05) is 6.26 Å². The van der Waals surface area contributed by atoms with Crippen LogP contribution in [0.15, 0.2) is 22.4 Å². The average Bonchev–Trinajstić information content (AvgIpc) is 2.62. The summed E-state index contributed by atoms with van der Waals surface area (Å²) in [7, 11) is 0. The molecule has 0 bridgehead atoms. The van der Waals surface area contributed by atoms with E-state index in [-0.39, 0.29) is 0 Å². The maximum absolute atomic E-state index is 8.81. The van der Waals surface area contributed by atoms with Crippen molar-refractivity contribution in [3.63, 3.8) is 0 Å². The summed E-state index contributed by atoms with van der Waals surface area (Å²) in [6.07, 6.45) is 2.03. The van der Waals surface area contributed by atoms with Gasteiger partial charge in [-0.1, -0.05) is 17.7 Å². The molecule has 0 spiro atoms. The predicted molar refractivity (Wildman–Crippen MR) is 63.3 cm³/mol. The summed E-state index contributed by atoms with van der Waals surface area (Å²) in [5.41, 5.74) is 0.550. The van der Waals surface area contributed by atoms with E-state index in [0.717, 1.165) is 10.1 Å². The number of benzene rings is 1. The van der Waals surface area contributed by atoms with Crippen LogP contribution in [0.2, 0.25) is 5.02 Å². The van der Waals surface area contributed by atoms with E-state index in [9.17, 15) is 0 Å². The summed E-state index contributed by atoms with van der Waals surface area (Å²) in [6.45, 7) is 0. The molecule has 0 atom stereocenters. The molecule has 2 rings (SSSR count). The van der Waals surface area contributed by atoms with E-state index in [0.29, 0.717) is 10.6 Å². The van der Waals surface area contributed by atoms with Crippen molar-refractivity contribution in [2.24, 2.45) is 0 Å². The van der Waals surface area contributed by atoms with Gasteiger partial charge >= 0.3 is 0 Å². The van der Waals surface area contributed by atoms with Gasteiger partial charge in [-0.3, -0.25) is 0 Å². The van der Waals surface area contributed by atoms with E-state index in [1.54, 1.807) is 29.2 Å².